The highest BCUT2D eigenvalue weighted by atomic mass is 32.1. The number of nitrogens with zero attached hydrogens (tertiary/aromatic N) is 5. The third-order valence-corrected chi connectivity index (χ3v) is 5.54. The second kappa shape index (κ2) is 8.64. The average molecular weight is 448 g/mol. The molecule has 0 unspecified atom stereocenters. The molecule has 1 atom stereocenters. The summed E-state index contributed by atoms with van der Waals surface area (Å²) in [4.78, 5) is 40.3. The van der Waals surface area contributed by atoms with Gasteiger partial charge in [0, 0.05) is 30.8 Å². The van der Waals surface area contributed by atoms with E-state index >= 15 is 0 Å². The van der Waals surface area contributed by atoms with Gasteiger partial charge in [0.1, 0.15) is 23.8 Å². The highest BCUT2D eigenvalue weighted by Crippen LogP contribution is 2.26. The molecule has 1 saturated heterocycles. The molecule has 0 spiro atoms. The van der Waals surface area contributed by atoms with Crippen LogP contribution in [0.3, 0.4) is 0 Å². The van der Waals surface area contributed by atoms with Crippen molar-refractivity contribution >= 4 is 34.4 Å². The molecule has 0 amide bonds. The Kier molecular flexibility index (Phi) is 5.93. The number of aliphatic hydroxyl groups excluding tert-OH is 2. The van der Waals surface area contributed by atoms with E-state index in [2.05, 4.69) is 19.8 Å². The van der Waals surface area contributed by atoms with Crippen molar-refractivity contribution in [3.63, 3.8) is 0 Å². The molecule has 3 aromatic rings. The number of carboxylic acid groups (broad SMARTS) is 1. The second-order valence-corrected chi connectivity index (χ2v) is 7.89. The van der Waals surface area contributed by atoms with Gasteiger partial charge in [-0.3, -0.25) is 14.2 Å². The number of fused-ring (bicyclic) bond motifs is 1. The Labute approximate surface area is 179 Å². The number of aromatic nitrogens is 4. The topological polar surface area (TPSA) is 163 Å². The summed E-state index contributed by atoms with van der Waals surface area (Å²) in [6, 6.07) is 1.75. The van der Waals surface area contributed by atoms with Crippen LogP contribution in [0.2, 0.25) is 0 Å². The Morgan fingerprint density at radius 1 is 1.45 bits per heavy atom. The minimum Gasteiger partial charge on any atom is -0.477 e. The number of hydroxylamine groups is 1. The van der Waals surface area contributed by atoms with Gasteiger partial charge in [-0.15, -0.1) is 0 Å². The molecule has 4 rings (SSSR count). The van der Waals surface area contributed by atoms with E-state index in [1.54, 1.807) is 13.0 Å². The third kappa shape index (κ3) is 4.13. The van der Waals surface area contributed by atoms with Crippen molar-refractivity contribution in [3.05, 3.63) is 39.9 Å². The first-order valence-electron chi connectivity index (χ1n) is 9.37. The standard InChI is InChI=1S/C18H20N6O6S/c1-9-2-13(23-3-10(4-23)22-30-7-11(26)6-25)21-16-14(9)15(27)12(17(28)29)5-24(16)18-19-8-20-31-18/h2,5,8,10-11,22,25-26H,3-4,6-7H2,1H3,(H,28,29)/t11-/m0/s1. The summed E-state index contributed by atoms with van der Waals surface area (Å²) in [6.07, 6.45) is 1.63. The van der Waals surface area contributed by atoms with Crippen LogP contribution in [-0.4, -0.2) is 78.6 Å². The van der Waals surface area contributed by atoms with Crippen LogP contribution in [0.4, 0.5) is 5.82 Å². The Hall–Kier alpha value is -2.97. The van der Waals surface area contributed by atoms with Crippen molar-refractivity contribution in [2.75, 3.05) is 31.2 Å². The Morgan fingerprint density at radius 2 is 2.23 bits per heavy atom. The molecule has 164 valence electrons. The number of hydrogen-bond donors (Lipinski definition) is 4. The van der Waals surface area contributed by atoms with Gasteiger partial charge in [0.2, 0.25) is 10.6 Å². The number of anilines is 1. The van der Waals surface area contributed by atoms with Crippen LogP contribution in [0, 0.1) is 6.92 Å². The minimum absolute atomic E-state index is 0.00318. The van der Waals surface area contributed by atoms with Crippen LogP contribution in [0.15, 0.2) is 23.4 Å². The SMILES string of the molecule is Cc1cc(N2CC(NOC[C@@H](O)CO)C2)nc2c1c(=O)c(C(=O)O)cn2-c1ncns1. The summed E-state index contributed by atoms with van der Waals surface area (Å²) in [7, 11) is 0. The van der Waals surface area contributed by atoms with Crippen molar-refractivity contribution in [3.8, 4) is 5.13 Å². The molecule has 0 bridgehead atoms. The van der Waals surface area contributed by atoms with E-state index < -0.39 is 17.5 Å². The van der Waals surface area contributed by atoms with Crippen molar-refractivity contribution in [1.29, 1.82) is 0 Å². The van der Waals surface area contributed by atoms with Crippen LogP contribution < -0.4 is 15.8 Å². The van der Waals surface area contributed by atoms with Gasteiger partial charge >= 0.3 is 5.97 Å². The quantitative estimate of drug-likeness (QED) is 0.322. The van der Waals surface area contributed by atoms with Crippen LogP contribution >= 0.6 is 11.5 Å². The number of aliphatic hydroxyl groups is 2. The van der Waals surface area contributed by atoms with Crippen molar-refractivity contribution < 1.29 is 25.0 Å². The summed E-state index contributed by atoms with van der Waals surface area (Å²) in [5.41, 5.74) is 2.77. The van der Waals surface area contributed by atoms with E-state index in [-0.39, 0.29) is 30.2 Å². The number of rotatable bonds is 8. The number of nitrogens with one attached hydrogen (secondary N) is 1. The largest absolute Gasteiger partial charge is 0.477 e. The van der Waals surface area contributed by atoms with Crippen LogP contribution in [0.5, 0.6) is 0 Å². The summed E-state index contributed by atoms with van der Waals surface area (Å²) in [5, 5.41) is 28.2. The molecule has 4 N–H and O–H groups in total. The predicted molar refractivity (Wildman–Crippen MR) is 111 cm³/mol. The molecule has 0 saturated carbocycles. The number of carbonyl (C=O) groups is 1. The molecule has 31 heavy (non-hydrogen) atoms. The number of aryl methyl sites for hydroxylation is 1. The van der Waals surface area contributed by atoms with E-state index in [4.69, 9.17) is 9.94 Å². The highest BCUT2D eigenvalue weighted by Gasteiger charge is 2.29. The van der Waals surface area contributed by atoms with Gasteiger partial charge in [0.05, 0.1) is 24.6 Å². The number of carboxylic acids is 1. The van der Waals surface area contributed by atoms with E-state index in [9.17, 15) is 19.8 Å². The fraction of sp³-hybridized carbons (Fsp3) is 0.389. The summed E-state index contributed by atoms with van der Waals surface area (Å²) in [6.45, 7) is 2.48. The minimum atomic E-state index is -1.32. The van der Waals surface area contributed by atoms with E-state index in [0.717, 1.165) is 11.5 Å². The van der Waals surface area contributed by atoms with Gasteiger partial charge in [-0.1, -0.05) is 0 Å². The summed E-state index contributed by atoms with van der Waals surface area (Å²) in [5.74, 6) is -0.698. The molecule has 1 fully saturated rings. The monoisotopic (exact) mass is 448 g/mol. The van der Waals surface area contributed by atoms with E-state index in [0.29, 0.717) is 35.2 Å². The molecule has 12 nitrogen and oxygen atoms in total. The number of aromatic carboxylic acids is 1. The normalized spacial score (nSPS) is 15.3. The van der Waals surface area contributed by atoms with Crippen LogP contribution in [-0.2, 0) is 4.84 Å². The molecule has 0 aromatic carbocycles. The summed E-state index contributed by atoms with van der Waals surface area (Å²) >= 11 is 1.06. The van der Waals surface area contributed by atoms with Gasteiger partial charge < -0.3 is 20.2 Å². The summed E-state index contributed by atoms with van der Waals surface area (Å²) < 4.78 is 5.43. The zero-order valence-electron chi connectivity index (χ0n) is 16.4. The first-order valence-corrected chi connectivity index (χ1v) is 10.1. The zero-order chi connectivity index (χ0) is 22.1. The molecular weight excluding hydrogens is 428 g/mol. The fourth-order valence-corrected chi connectivity index (χ4v) is 3.78. The van der Waals surface area contributed by atoms with E-state index in [1.807, 2.05) is 4.90 Å². The maximum absolute atomic E-state index is 12.8. The van der Waals surface area contributed by atoms with Gasteiger partial charge in [0.25, 0.3) is 0 Å². The molecule has 0 aliphatic carbocycles. The Bertz CT molecular complexity index is 1160. The average Bonchev–Trinajstić information content (AvgIpc) is 3.23. The molecular formula is C18H20N6O6S. The van der Waals surface area contributed by atoms with Gasteiger partial charge in [-0.05, 0) is 18.6 Å². The number of hydrogen-bond acceptors (Lipinski definition) is 11. The molecule has 0 radical (unpaired) electrons. The molecule has 13 heteroatoms. The molecule has 1 aliphatic rings. The molecule has 4 heterocycles. The van der Waals surface area contributed by atoms with Gasteiger partial charge in [-0.25, -0.2) is 14.8 Å². The van der Waals surface area contributed by atoms with Gasteiger partial charge in [0.15, 0.2) is 5.65 Å². The fourth-order valence-electron chi connectivity index (χ4n) is 3.27. The third-order valence-electron chi connectivity index (χ3n) is 4.87. The zero-order valence-corrected chi connectivity index (χ0v) is 17.2. The highest BCUT2D eigenvalue weighted by molar-refractivity contribution is 7.08. The number of pyridine rings is 2. The maximum atomic E-state index is 12.8. The molecule has 3 aromatic heterocycles. The lowest BCUT2D eigenvalue weighted by molar-refractivity contribution is -0.0529. The van der Waals surface area contributed by atoms with Crippen molar-refractivity contribution in [2.24, 2.45) is 0 Å². The van der Waals surface area contributed by atoms with Crippen molar-refractivity contribution in [2.45, 2.75) is 19.1 Å². The predicted octanol–water partition coefficient (Wildman–Crippen LogP) is -0.693. The first kappa shape index (κ1) is 21.3. The maximum Gasteiger partial charge on any atom is 0.341 e. The second-order valence-electron chi connectivity index (χ2n) is 7.13. The molecule has 1 aliphatic heterocycles. The van der Waals surface area contributed by atoms with Crippen LogP contribution in [0.1, 0.15) is 15.9 Å². The smallest absolute Gasteiger partial charge is 0.341 e. The van der Waals surface area contributed by atoms with Gasteiger partial charge in [-0.2, -0.15) is 9.85 Å². The lowest BCUT2D eigenvalue weighted by Crippen LogP contribution is -2.58. The first-order chi connectivity index (χ1) is 14.9. The Morgan fingerprint density at radius 3 is 2.87 bits per heavy atom. The van der Waals surface area contributed by atoms with Crippen molar-refractivity contribution in [1.82, 2.24) is 24.4 Å². The lowest BCUT2D eigenvalue weighted by Gasteiger charge is -2.40. The lowest BCUT2D eigenvalue weighted by atomic mass is 10.1. The van der Waals surface area contributed by atoms with Crippen LogP contribution in [0.25, 0.3) is 16.2 Å². The van der Waals surface area contributed by atoms with E-state index in [1.165, 1.54) is 17.1 Å². The Balaban J connectivity index is 1.64.